The minimum absolute atomic E-state index is 0.121. The first-order valence-corrected chi connectivity index (χ1v) is 11.8. The molecule has 1 aliphatic heterocycles. The molecule has 0 unspecified atom stereocenters. The van der Waals surface area contributed by atoms with Gasteiger partial charge in [-0.05, 0) is 17.2 Å². The highest BCUT2D eigenvalue weighted by Crippen LogP contribution is 2.30. The average Bonchev–Trinajstić information content (AvgIpc) is 3.26. The molecule has 11 heteroatoms. The molecular weight excluding hydrogens is 451 g/mol. The Morgan fingerprint density at radius 1 is 1.24 bits per heavy atom. The predicted molar refractivity (Wildman–Crippen MR) is 120 cm³/mol. The average molecular weight is 475 g/mol. The van der Waals surface area contributed by atoms with Crippen molar-refractivity contribution in [3.8, 4) is 11.1 Å². The number of ether oxygens (including phenoxy) is 1. The SMILES string of the molecule is C[C@@H](c1ccc(-c2ccccc2)c(F)c1)c1cc(N=C2COCCN2NCS(=O)(=O)O)on1. The van der Waals surface area contributed by atoms with Gasteiger partial charge in [-0.2, -0.15) is 13.4 Å². The highest BCUT2D eigenvalue weighted by atomic mass is 32.2. The molecule has 33 heavy (non-hydrogen) atoms. The zero-order valence-corrected chi connectivity index (χ0v) is 18.6. The van der Waals surface area contributed by atoms with E-state index in [1.807, 2.05) is 43.3 Å². The number of benzene rings is 2. The Kier molecular flexibility index (Phi) is 6.84. The van der Waals surface area contributed by atoms with E-state index in [1.165, 1.54) is 11.1 Å². The Morgan fingerprint density at radius 2 is 2.03 bits per heavy atom. The van der Waals surface area contributed by atoms with Crippen molar-refractivity contribution in [1.29, 1.82) is 0 Å². The maximum atomic E-state index is 14.8. The highest BCUT2D eigenvalue weighted by molar-refractivity contribution is 7.85. The Balaban J connectivity index is 1.51. The minimum atomic E-state index is -4.20. The summed E-state index contributed by atoms with van der Waals surface area (Å²) in [5, 5.41) is 5.53. The van der Waals surface area contributed by atoms with E-state index in [2.05, 4.69) is 15.6 Å². The first-order valence-electron chi connectivity index (χ1n) is 10.2. The fraction of sp³-hybridized carbons (Fsp3) is 0.273. The molecule has 2 heterocycles. The van der Waals surface area contributed by atoms with Gasteiger partial charge in [-0.3, -0.25) is 9.56 Å². The van der Waals surface area contributed by atoms with Crippen molar-refractivity contribution in [1.82, 2.24) is 15.6 Å². The van der Waals surface area contributed by atoms with Gasteiger partial charge in [-0.1, -0.05) is 54.5 Å². The van der Waals surface area contributed by atoms with Crippen LogP contribution in [-0.2, 0) is 14.9 Å². The molecule has 1 aromatic heterocycles. The van der Waals surface area contributed by atoms with Crippen LogP contribution in [0.25, 0.3) is 11.1 Å². The number of nitrogens with one attached hydrogen (secondary N) is 1. The van der Waals surface area contributed by atoms with Crippen molar-refractivity contribution in [2.75, 3.05) is 25.6 Å². The van der Waals surface area contributed by atoms with Gasteiger partial charge in [0.05, 0.1) is 18.8 Å². The fourth-order valence-electron chi connectivity index (χ4n) is 3.43. The van der Waals surface area contributed by atoms with Crippen molar-refractivity contribution in [2.45, 2.75) is 12.8 Å². The molecule has 3 aromatic rings. The molecule has 1 saturated heterocycles. The van der Waals surface area contributed by atoms with E-state index in [0.717, 1.165) is 11.1 Å². The number of nitrogens with zero attached hydrogens (tertiary/aromatic N) is 3. The molecule has 0 aliphatic carbocycles. The molecule has 4 rings (SSSR count). The highest BCUT2D eigenvalue weighted by Gasteiger charge is 2.21. The van der Waals surface area contributed by atoms with E-state index in [-0.39, 0.29) is 24.2 Å². The molecule has 0 amide bonds. The summed E-state index contributed by atoms with van der Waals surface area (Å²) in [6.45, 7) is 2.70. The normalized spacial score (nSPS) is 16.8. The van der Waals surface area contributed by atoms with E-state index in [0.29, 0.717) is 30.2 Å². The van der Waals surface area contributed by atoms with Crippen molar-refractivity contribution >= 4 is 21.8 Å². The zero-order valence-electron chi connectivity index (χ0n) is 17.8. The van der Waals surface area contributed by atoms with Crippen LogP contribution >= 0.6 is 0 Å². The minimum Gasteiger partial charge on any atom is -0.372 e. The number of hydrazine groups is 1. The van der Waals surface area contributed by atoms with Gasteiger partial charge in [0.1, 0.15) is 24.1 Å². The van der Waals surface area contributed by atoms with Crippen LogP contribution in [0.15, 0.2) is 64.1 Å². The lowest BCUT2D eigenvalue weighted by molar-refractivity contribution is 0.0992. The molecule has 1 atom stereocenters. The number of rotatable bonds is 7. The molecule has 2 aromatic carbocycles. The summed E-state index contributed by atoms with van der Waals surface area (Å²) in [7, 11) is -4.20. The second kappa shape index (κ2) is 9.79. The smallest absolute Gasteiger partial charge is 0.279 e. The number of aliphatic imine (C=N–C) groups is 1. The van der Waals surface area contributed by atoms with Gasteiger partial charge in [-0.15, -0.1) is 0 Å². The standard InChI is InChI=1S/C22H23FN4O5S/c1-15(17-7-8-18(19(23)11-17)16-5-3-2-4-6-16)20-12-22(32-26-20)25-21-13-31-10-9-27(21)24-14-33(28,29)30/h2-8,11-12,15,24H,9-10,13-14H2,1H3,(H,28,29,30)/t15-/m0/s1. The molecule has 2 N–H and O–H groups in total. The second-order valence-corrected chi connectivity index (χ2v) is 8.99. The van der Waals surface area contributed by atoms with Gasteiger partial charge in [0.15, 0.2) is 0 Å². The number of hydrogen-bond donors (Lipinski definition) is 2. The topological polar surface area (TPSA) is 117 Å². The van der Waals surface area contributed by atoms with Gasteiger partial charge in [0, 0.05) is 17.5 Å². The summed E-state index contributed by atoms with van der Waals surface area (Å²) in [6, 6.07) is 16.0. The van der Waals surface area contributed by atoms with E-state index in [1.54, 1.807) is 12.1 Å². The summed E-state index contributed by atoms with van der Waals surface area (Å²) in [4.78, 5) is 4.34. The lowest BCUT2D eigenvalue weighted by Crippen LogP contribution is -2.51. The Bertz CT molecular complexity index is 1250. The summed E-state index contributed by atoms with van der Waals surface area (Å²) in [5.41, 5.74) is 5.22. The quantitative estimate of drug-likeness (QED) is 0.501. The van der Waals surface area contributed by atoms with Crippen LogP contribution in [0, 0.1) is 5.82 Å². The molecule has 0 saturated carbocycles. The van der Waals surface area contributed by atoms with Gasteiger partial charge in [0.25, 0.3) is 16.0 Å². The maximum absolute atomic E-state index is 14.8. The van der Waals surface area contributed by atoms with E-state index in [9.17, 15) is 12.8 Å². The zero-order chi connectivity index (χ0) is 23.4. The van der Waals surface area contributed by atoms with E-state index >= 15 is 0 Å². The third-order valence-corrected chi connectivity index (χ3v) is 5.71. The van der Waals surface area contributed by atoms with Crippen molar-refractivity contribution in [2.24, 2.45) is 4.99 Å². The summed E-state index contributed by atoms with van der Waals surface area (Å²) in [5.74, 6) is -0.668. The van der Waals surface area contributed by atoms with Crippen molar-refractivity contribution in [3.63, 3.8) is 0 Å². The maximum Gasteiger partial charge on any atom is 0.279 e. The van der Waals surface area contributed by atoms with Crippen LogP contribution in [0.5, 0.6) is 0 Å². The number of morpholine rings is 1. The summed E-state index contributed by atoms with van der Waals surface area (Å²) in [6.07, 6.45) is 0. The summed E-state index contributed by atoms with van der Waals surface area (Å²) < 4.78 is 56.5. The lowest BCUT2D eigenvalue weighted by Gasteiger charge is -2.29. The predicted octanol–water partition coefficient (Wildman–Crippen LogP) is 3.34. The third-order valence-electron chi connectivity index (χ3n) is 5.22. The van der Waals surface area contributed by atoms with Gasteiger partial charge >= 0.3 is 0 Å². The Labute approximate surface area is 190 Å². The number of hydrogen-bond acceptors (Lipinski definition) is 7. The Morgan fingerprint density at radius 3 is 2.76 bits per heavy atom. The van der Waals surface area contributed by atoms with Crippen molar-refractivity contribution < 1.29 is 26.6 Å². The number of amidine groups is 1. The summed E-state index contributed by atoms with van der Waals surface area (Å²) >= 11 is 0. The molecule has 9 nitrogen and oxygen atoms in total. The van der Waals surface area contributed by atoms with Crippen LogP contribution in [0.4, 0.5) is 10.3 Å². The fourth-order valence-corrected chi connectivity index (χ4v) is 3.75. The van der Waals surface area contributed by atoms with Crippen molar-refractivity contribution in [3.05, 3.63) is 71.7 Å². The Hall–Kier alpha value is -3.12. The number of aromatic nitrogens is 1. The molecule has 1 aliphatic rings. The van der Waals surface area contributed by atoms with Gasteiger partial charge < -0.3 is 9.26 Å². The van der Waals surface area contributed by atoms with Crippen LogP contribution in [0.2, 0.25) is 0 Å². The van der Waals surface area contributed by atoms with Crippen LogP contribution < -0.4 is 5.43 Å². The van der Waals surface area contributed by atoms with Crippen LogP contribution in [-0.4, -0.2) is 54.6 Å². The van der Waals surface area contributed by atoms with Gasteiger partial charge in [0.2, 0.25) is 0 Å². The molecule has 0 bridgehead atoms. The molecule has 0 spiro atoms. The largest absolute Gasteiger partial charge is 0.372 e. The van der Waals surface area contributed by atoms with Crippen LogP contribution in [0.3, 0.4) is 0 Å². The van der Waals surface area contributed by atoms with E-state index < -0.39 is 16.0 Å². The molecular formula is C22H23FN4O5S. The first kappa shape index (κ1) is 23.1. The molecule has 174 valence electrons. The first-order chi connectivity index (χ1) is 15.8. The third kappa shape index (κ3) is 5.82. The molecule has 0 radical (unpaired) electrons. The lowest BCUT2D eigenvalue weighted by atomic mass is 9.95. The second-order valence-electron chi connectivity index (χ2n) is 7.53. The number of halogens is 1. The van der Waals surface area contributed by atoms with Crippen LogP contribution in [0.1, 0.15) is 24.1 Å². The van der Waals surface area contributed by atoms with E-state index in [4.69, 9.17) is 13.8 Å². The molecule has 1 fully saturated rings. The monoisotopic (exact) mass is 474 g/mol. The van der Waals surface area contributed by atoms with Gasteiger partial charge in [-0.25, -0.2) is 9.82 Å².